The Morgan fingerprint density at radius 3 is 2.47 bits per heavy atom. The molecular weight excluding hydrogens is 196 g/mol. The maximum atomic E-state index is 10.6. The molecule has 0 N–H and O–H groups in total. The lowest BCUT2D eigenvalue weighted by atomic mass is 10.2. The number of carbonyl (C=O) groups is 1. The van der Waals surface area contributed by atoms with Gasteiger partial charge in [0.15, 0.2) is 0 Å². The van der Waals surface area contributed by atoms with Gasteiger partial charge in [0, 0.05) is 12.1 Å². The first-order chi connectivity index (χ1) is 7.13. The molecule has 0 atom stereocenters. The highest BCUT2D eigenvalue weighted by Gasteiger charge is 2.02. The highest BCUT2D eigenvalue weighted by Crippen LogP contribution is 2.12. The molecule has 0 bridgehead atoms. The summed E-state index contributed by atoms with van der Waals surface area (Å²) in [5.41, 5.74) is 0.614. The van der Waals surface area contributed by atoms with Gasteiger partial charge in [0.05, 0.1) is 4.92 Å². The summed E-state index contributed by atoms with van der Waals surface area (Å²) < 4.78 is 0. The number of carbonyl (C=O) groups excluding carboxylic acids is 1. The number of nitriles is 1. The summed E-state index contributed by atoms with van der Waals surface area (Å²) in [6.45, 7) is 0. The molecule has 0 fully saturated rings. The molecule has 0 saturated carbocycles. The molecule has 74 valence electrons. The number of hydrogen-bond donors (Lipinski definition) is 0. The molecule has 5 heteroatoms. The molecule has 0 amide bonds. The Morgan fingerprint density at radius 1 is 1.40 bits per heavy atom. The van der Waals surface area contributed by atoms with Gasteiger partial charge in [0.1, 0.15) is 6.07 Å². The van der Waals surface area contributed by atoms with Crippen molar-refractivity contribution < 1.29 is 9.72 Å². The van der Waals surface area contributed by atoms with Gasteiger partial charge in [-0.05, 0) is 23.8 Å². The Balaban J connectivity index is 2.82. The summed E-state index contributed by atoms with van der Waals surface area (Å²) in [6.07, 6.45) is 2.54. The number of nitro groups is 1. The van der Waals surface area contributed by atoms with E-state index in [1.807, 2.05) is 0 Å². The fourth-order valence-electron chi connectivity index (χ4n) is 0.916. The van der Waals surface area contributed by atoms with E-state index in [4.69, 9.17) is 5.26 Å². The number of nitrogens with zero attached hydrogens (tertiary/aromatic N) is 2. The van der Waals surface area contributed by atoms with E-state index in [1.54, 1.807) is 0 Å². The average molecular weight is 202 g/mol. The first-order valence-corrected chi connectivity index (χ1v) is 4.00. The summed E-state index contributed by atoms with van der Waals surface area (Å²) in [7, 11) is 0. The lowest BCUT2D eigenvalue weighted by Gasteiger charge is -1.92. The van der Waals surface area contributed by atoms with Crippen LogP contribution in [0.1, 0.15) is 5.56 Å². The Morgan fingerprint density at radius 2 is 2.00 bits per heavy atom. The summed E-state index contributed by atoms with van der Waals surface area (Å²) in [6, 6.07) is 7.09. The van der Waals surface area contributed by atoms with Crippen LogP contribution in [0.5, 0.6) is 0 Å². The van der Waals surface area contributed by atoms with Gasteiger partial charge < -0.3 is 0 Å². The Kier molecular flexibility index (Phi) is 3.30. The van der Waals surface area contributed by atoms with E-state index in [0.29, 0.717) is 5.56 Å². The van der Waals surface area contributed by atoms with Crippen molar-refractivity contribution in [3.8, 4) is 6.07 Å². The van der Waals surface area contributed by atoms with Crippen LogP contribution in [0.4, 0.5) is 5.69 Å². The van der Waals surface area contributed by atoms with Crippen LogP contribution in [0, 0.1) is 21.4 Å². The topological polar surface area (TPSA) is 84.0 Å². The van der Waals surface area contributed by atoms with Crippen LogP contribution in [-0.2, 0) is 4.79 Å². The highest BCUT2D eigenvalue weighted by atomic mass is 16.6. The number of ketones is 1. The van der Waals surface area contributed by atoms with E-state index in [1.165, 1.54) is 36.4 Å². The van der Waals surface area contributed by atoms with Gasteiger partial charge in [-0.3, -0.25) is 14.9 Å². The van der Waals surface area contributed by atoms with Crippen molar-refractivity contribution in [1.29, 1.82) is 5.26 Å². The first-order valence-electron chi connectivity index (χ1n) is 4.00. The average Bonchev–Trinajstić information content (AvgIpc) is 2.26. The van der Waals surface area contributed by atoms with Crippen molar-refractivity contribution in [3.05, 3.63) is 46.0 Å². The van der Waals surface area contributed by atoms with Crippen LogP contribution in [0.3, 0.4) is 0 Å². The maximum Gasteiger partial charge on any atom is 0.269 e. The molecular formula is C10H6N2O3. The first kappa shape index (κ1) is 10.6. The van der Waals surface area contributed by atoms with Gasteiger partial charge in [-0.15, -0.1) is 0 Å². The van der Waals surface area contributed by atoms with Crippen LogP contribution >= 0.6 is 0 Å². The van der Waals surface area contributed by atoms with Crippen LogP contribution in [-0.4, -0.2) is 10.7 Å². The lowest BCUT2D eigenvalue weighted by molar-refractivity contribution is -0.384. The molecule has 0 spiro atoms. The van der Waals surface area contributed by atoms with Gasteiger partial charge in [-0.2, -0.15) is 5.26 Å². The molecule has 0 unspecified atom stereocenters. The zero-order chi connectivity index (χ0) is 11.3. The zero-order valence-electron chi connectivity index (χ0n) is 7.58. The molecule has 0 aromatic heterocycles. The largest absolute Gasteiger partial charge is 0.278 e. The fourth-order valence-corrected chi connectivity index (χ4v) is 0.916. The molecule has 5 nitrogen and oxygen atoms in total. The molecule has 1 aromatic carbocycles. The van der Waals surface area contributed by atoms with Gasteiger partial charge in [0.2, 0.25) is 0 Å². The monoisotopic (exact) mass is 202 g/mol. The van der Waals surface area contributed by atoms with Crippen molar-refractivity contribution in [2.24, 2.45) is 0 Å². The number of rotatable bonds is 3. The number of non-ortho nitro benzene ring substituents is 1. The minimum Gasteiger partial charge on any atom is -0.278 e. The third kappa shape index (κ3) is 3.04. The molecule has 0 radical (unpaired) electrons. The smallest absolute Gasteiger partial charge is 0.269 e. The van der Waals surface area contributed by atoms with E-state index >= 15 is 0 Å². The molecule has 15 heavy (non-hydrogen) atoms. The van der Waals surface area contributed by atoms with Crippen LogP contribution < -0.4 is 0 Å². The molecule has 0 saturated heterocycles. The van der Waals surface area contributed by atoms with Crippen LogP contribution in [0.2, 0.25) is 0 Å². The number of benzene rings is 1. The lowest BCUT2D eigenvalue weighted by Crippen LogP contribution is -1.87. The SMILES string of the molecule is N#CC(=O)/C=C/c1ccc([N+](=O)[O-])cc1. The van der Waals surface area contributed by atoms with Crippen molar-refractivity contribution in [2.45, 2.75) is 0 Å². The highest BCUT2D eigenvalue weighted by molar-refractivity contribution is 6.04. The number of hydrogen-bond acceptors (Lipinski definition) is 4. The predicted molar refractivity (Wildman–Crippen MR) is 52.8 cm³/mol. The van der Waals surface area contributed by atoms with E-state index in [9.17, 15) is 14.9 Å². The van der Waals surface area contributed by atoms with Gasteiger partial charge in [-0.25, -0.2) is 0 Å². The molecule has 0 aliphatic heterocycles. The molecule has 0 aliphatic rings. The van der Waals surface area contributed by atoms with Crippen molar-refractivity contribution >= 4 is 17.5 Å². The predicted octanol–water partition coefficient (Wildman–Crippen LogP) is 1.70. The number of nitro benzene ring substituents is 1. The van der Waals surface area contributed by atoms with Crippen molar-refractivity contribution in [3.63, 3.8) is 0 Å². The summed E-state index contributed by atoms with van der Waals surface area (Å²) in [5.74, 6) is -0.659. The Hall–Kier alpha value is -2.48. The van der Waals surface area contributed by atoms with E-state index in [2.05, 4.69) is 0 Å². The maximum absolute atomic E-state index is 10.6. The van der Waals surface area contributed by atoms with Gasteiger partial charge >= 0.3 is 0 Å². The van der Waals surface area contributed by atoms with Crippen molar-refractivity contribution in [1.82, 2.24) is 0 Å². The quantitative estimate of drug-likeness (QED) is 0.323. The number of allylic oxidation sites excluding steroid dienone is 1. The van der Waals surface area contributed by atoms with Gasteiger partial charge in [-0.1, -0.05) is 6.08 Å². The van der Waals surface area contributed by atoms with Crippen LogP contribution in [0.25, 0.3) is 6.08 Å². The molecule has 0 heterocycles. The summed E-state index contributed by atoms with van der Waals surface area (Å²) in [5, 5.41) is 18.5. The van der Waals surface area contributed by atoms with Gasteiger partial charge in [0.25, 0.3) is 11.5 Å². The Bertz CT molecular complexity index is 455. The second-order valence-corrected chi connectivity index (χ2v) is 2.66. The third-order valence-electron chi connectivity index (χ3n) is 1.64. The van der Waals surface area contributed by atoms with Crippen LogP contribution in [0.15, 0.2) is 30.3 Å². The summed E-state index contributed by atoms with van der Waals surface area (Å²) in [4.78, 5) is 20.4. The summed E-state index contributed by atoms with van der Waals surface area (Å²) >= 11 is 0. The Labute approximate surface area is 85.4 Å². The van der Waals surface area contributed by atoms with Crippen molar-refractivity contribution in [2.75, 3.05) is 0 Å². The second kappa shape index (κ2) is 4.67. The molecule has 1 rings (SSSR count). The fraction of sp³-hybridized carbons (Fsp3) is 0. The minimum absolute atomic E-state index is 0.0150. The van der Waals surface area contributed by atoms with E-state index < -0.39 is 10.7 Å². The minimum atomic E-state index is -0.659. The normalized spacial score (nSPS) is 9.80. The van der Waals surface area contributed by atoms with E-state index in [-0.39, 0.29) is 5.69 Å². The second-order valence-electron chi connectivity index (χ2n) is 2.66. The third-order valence-corrected chi connectivity index (χ3v) is 1.64. The van der Waals surface area contributed by atoms with E-state index in [0.717, 1.165) is 6.08 Å². The molecule has 1 aromatic rings. The molecule has 0 aliphatic carbocycles. The zero-order valence-corrected chi connectivity index (χ0v) is 7.58. The standard InChI is InChI=1S/C10H6N2O3/c11-7-10(13)6-3-8-1-4-9(5-2-8)12(14)15/h1-6H/b6-3+.